The zero-order valence-corrected chi connectivity index (χ0v) is 10.2. The molecule has 2 N–H and O–H groups in total. The molecule has 0 fully saturated rings. The van der Waals surface area contributed by atoms with Crippen molar-refractivity contribution in [2.45, 2.75) is 45.2 Å². The highest BCUT2D eigenvalue weighted by Crippen LogP contribution is 2.33. The Kier molecular flexibility index (Phi) is 3.62. The van der Waals surface area contributed by atoms with E-state index in [9.17, 15) is 5.11 Å². The molecule has 2 atom stereocenters. The molecule has 1 aliphatic carbocycles. The summed E-state index contributed by atoms with van der Waals surface area (Å²) in [5.41, 5.74) is 4.35. The molecule has 0 saturated heterocycles. The van der Waals surface area contributed by atoms with E-state index in [2.05, 4.69) is 37.4 Å². The minimum Gasteiger partial charge on any atom is -0.395 e. The van der Waals surface area contributed by atoms with E-state index in [0.29, 0.717) is 6.04 Å². The smallest absolute Gasteiger partial charge is 0.0584 e. The molecular formula is C14H21NO. The second-order valence-corrected chi connectivity index (χ2v) is 4.69. The Morgan fingerprint density at radius 3 is 3.00 bits per heavy atom. The second-order valence-electron chi connectivity index (χ2n) is 4.69. The third-order valence-corrected chi connectivity index (χ3v) is 3.65. The topological polar surface area (TPSA) is 32.3 Å². The molecule has 0 radical (unpaired) electrons. The molecule has 1 aromatic rings. The van der Waals surface area contributed by atoms with Crippen molar-refractivity contribution in [3.05, 3.63) is 34.9 Å². The van der Waals surface area contributed by atoms with Gasteiger partial charge in [-0.05, 0) is 42.9 Å². The monoisotopic (exact) mass is 219 g/mol. The maximum atomic E-state index is 9.23. The minimum atomic E-state index is 0.230. The molecule has 88 valence electrons. The van der Waals surface area contributed by atoms with Gasteiger partial charge in [0.15, 0.2) is 0 Å². The first-order valence-corrected chi connectivity index (χ1v) is 6.21. The number of aliphatic hydroxyl groups is 1. The summed E-state index contributed by atoms with van der Waals surface area (Å²) in [4.78, 5) is 0. The van der Waals surface area contributed by atoms with Crippen molar-refractivity contribution in [2.24, 2.45) is 0 Å². The van der Waals surface area contributed by atoms with Crippen molar-refractivity contribution in [3.8, 4) is 0 Å². The van der Waals surface area contributed by atoms with E-state index in [1.807, 2.05) is 0 Å². The van der Waals surface area contributed by atoms with Crippen molar-refractivity contribution in [3.63, 3.8) is 0 Å². The van der Waals surface area contributed by atoms with E-state index >= 15 is 0 Å². The number of rotatable bonds is 4. The highest BCUT2D eigenvalue weighted by atomic mass is 16.3. The molecule has 2 nitrogen and oxygen atoms in total. The summed E-state index contributed by atoms with van der Waals surface area (Å²) >= 11 is 0. The summed E-state index contributed by atoms with van der Waals surface area (Å²) in [6.45, 7) is 4.53. The van der Waals surface area contributed by atoms with Crippen LogP contribution >= 0.6 is 0 Å². The van der Waals surface area contributed by atoms with Crippen LogP contribution in [0.15, 0.2) is 18.2 Å². The minimum absolute atomic E-state index is 0.230. The highest BCUT2D eigenvalue weighted by Gasteiger charge is 2.24. The van der Waals surface area contributed by atoms with Crippen LogP contribution in [-0.4, -0.2) is 17.8 Å². The number of aliphatic hydroxyl groups excluding tert-OH is 1. The molecule has 16 heavy (non-hydrogen) atoms. The fraction of sp³-hybridized carbons (Fsp3) is 0.571. The fourth-order valence-corrected chi connectivity index (χ4v) is 2.59. The van der Waals surface area contributed by atoms with Gasteiger partial charge < -0.3 is 10.4 Å². The lowest BCUT2D eigenvalue weighted by Crippen LogP contribution is -2.34. The van der Waals surface area contributed by atoms with Crippen molar-refractivity contribution in [1.29, 1.82) is 0 Å². The van der Waals surface area contributed by atoms with Gasteiger partial charge in [0, 0.05) is 12.1 Å². The first kappa shape index (κ1) is 11.6. The normalized spacial score (nSPS) is 20.8. The SMILES string of the molecule is CCC(CO)NC1CCc2c(C)cccc21. The molecule has 2 rings (SSSR count). The highest BCUT2D eigenvalue weighted by molar-refractivity contribution is 5.40. The standard InChI is InChI=1S/C14H21NO/c1-3-11(9-16)15-14-8-7-12-10(2)5-4-6-13(12)14/h4-6,11,14-16H,3,7-9H2,1-2H3. The molecule has 0 saturated carbocycles. The first-order chi connectivity index (χ1) is 7.76. The quantitative estimate of drug-likeness (QED) is 0.814. The Bertz CT molecular complexity index is 358. The summed E-state index contributed by atoms with van der Waals surface area (Å²) < 4.78 is 0. The number of hydrogen-bond donors (Lipinski definition) is 2. The maximum absolute atomic E-state index is 9.23. The lowest BCUT2D eigenvalue weighted by Gasteiger charge is -2.21. The van der Waals surface area contributed by atoms with Gasteiger partial charge in [0.1, 0.15) is 0 Å². The molecule has 0 amide bonds. The Labute approximate surface area is 97.7 Å². The number of benzene rings is 1. The number of aryl methyl sites for hydroxylation is 1. The van der Waals surface area contributed by atoms with E-state index in [0.717, 1.165) is 12.8 Å². The zero-order chi connectivity index (χ0) is 11.5. The molecule has 0 bridgehead atoms. The Morgan fingerprint density at radius 2 is 2.31 bits per heavy atom. The molecular weight excluding hydrogens is 198 g/mol. The number of hydrogen-bond acceptors (Lipinski definition) is 2. The van der Waals surface area contributed by atoms with Crippen molar-refractivity contribution >= 4 is 0 Å². The molecule has 1 aromatic carbocycles. The van der Waals surface area contributed by atoms with E-state index in [1.165, 1.54) is 23.1 Å². The van der Waals surface area contributed by atoms with Crippen LogP contribution in [0.5, 0.6) is 0 Å². The third-order valence-electron chi connectivity index (χ3n) is 3.65. The number of fused-ring (bicyclic) bond motifs is 1. The van der Waals surface area contributed by atoms with Gasteiger partial charge in [-0.15, -0.1) is 0 Å². The Morgan fingerprint density at radius 1 is 1.50 bits per heavy atom. The van der Waals surface area contributed by atoms with Gasteiger partial charge in [0.05, 0.1) is 6.61 Å². The van der Waals surface area contributed by atoms with Crippen LogP contribution in [0.4, 0.5) is 0 Å². The van der Waals surface area contributed by atoms with Crippen LogP contribution in [0.25, 0.3) is 0 Å². The van der Waals surface area contributed by atoms with Crippen LogP contribution in [0.1, 0.15) is 42.5 Å². The zero-order valence-electron chi connectivity index (χ0n) is 10.2. The lowest BCUT2D eigenvalue weighted by atomic mass is 10.0. The summed E-state index contributed by atoms with van der Waals surface area (Å²) in [5.74, 6) is 0. The largest absolute Gasteiger partial charge is 0.395 e. The average Bonchev–Trinajstić information content (AvgIpc) is 2.71. The fourth-order valence-electron chi connectivity index (χ4n) is 2.59. The Hall–Kier alpha value is -0.860. The van der Waals surface area contributed by atoms with E-state index in [-0.39, 0.29) is 12.6 Å². The predicted octanol–water partition coefficient (Wildman–Crippen LogP) is 2.34. The molecule has 0 spiro atoms. The summed E-state index contributed by atoms with van der Waals surface area (Å²) in [5, 5.41) is 12.8. The summed E-state index contributed by atoms with van der Waals surface area (Å²) in [7, 11) is 0. The third kappa shape index (κ3) is 2.13. The van der Waals surface area contributed by atoms with Gasteiger partial charge in [0.25, 0.3) is 0 Å². The van der Waals surface area contributed by atoms with Crippen LogP contribution < -0.4 is 5.32 Å². The van der Waals surface area contributed by atoms with Crippen molar-refractivity contribution in [1.82, 2.24) is 5.32 Å². The predicted molar refractivity (Wildman–Crippen MR) is 66.5 cm³/mol. The van der Waals surface area contributed by atoms with Crippen molar-refractivity contribution in [2.75, 3.05) is 6.61 Å². The molecule has 2 unspecified atom stereocenters. The van der Waals surface area contributed by atoms with Crippen LogP contribution in [0.2, 0.25) is 0 Å². The molecule has 0 heterocycles. The molecule has 0 aliphatic heterocycles. The average molecular weight is 219 g/mol. The van der Waals surface area contributed by atoms with Gasteiger partial charge in [0.2, 0.25) is 0 Å². The second kappa shape index (κ2) is 4.98. The summed E-state index contributed by atoms with van der Waals surface area (Å²) in [6.07, 6.45) is 3.31. The van der Waals surface area contributed by atoms with E-state index in [4.69, 9.17) is 0 Å². The van der Waals surface area contributed by atoms with Gasteiger partial charge in [-0.3, -0.25) is 0 Å². The van der Waals surface area contributed by atoms with E-state index in [1.54, 1.807) is 0 Å². The van der Waals surface area contributed by atoms with Gasteiger partial charge >= 0.3 is 0 Å². The van der Waals surface area contributed by atoms with Gasteiger partial charge in [-0.2, -0.15) is 0 Å². The van der Waals surface area contributed by atoms with Crippen LogP contribution in [0, 0.1) is 6.92 Å². The van der Waals surface area contributed by atoms with Gasteiger partial charge in [-0.1, -0.05) is 25.1 Å². The molecule has 1 aliphatic rings. The maximum Gasteiger partial charge on any atom is 0.0584 e. The summed E-state index contributed by atoms with van der Waals surface area (Å²) in [6, 6.07) is 7.21. The van der Waals surface area contributed by atoms with Crippen LogP contribution in [0.3, 0.4) is 0 Å². The van der Waals surface area contributed by atoms with Crippen molar-refractivity contribution < 1.29 is 5.11 Å². The molecule has 0 aromatic heterocycles. The molecule has 2 heteroatoms. The Balaban J connectivity index is 2.14. The number of nitrogens with one attached hydrogen (secondary N) is 1. The van der Waals surface area contributed by atoms with E-state index < -0.39 is 0 Å². The lowest BCUT2D eigenvalue weighted by molar-refractivity contribution is 0.227. The first-order valence-electron chi connectivity index (χ1n) is 6.21. The van der Waals surface area contributed by atoms with Crippen LogP contribution in [-0.2, 0) is 6.42 Å². The van der Waals surface area contributed by atoms with Gasteiger partial charge in [-0.25, -0.2) is 0 Å².